The predicted molar refractivity (Wildman–Crippen MR) is 67.4 cm³/mol. The molecule has 1 unspecified atom stereocenters. The minimum Gasteiger partial charge on any atom is -0.343 e. The standard InChI is InChI=1S/C13H24N2O2/c1-6-10-12(17)15(7-11(16)14-10)8-13(4,5)9(2)3/h9-10H,6-8H2,1-5H3,(H,14,16). The molecule has 0 aromatic rings. The Hall–Kier alpha value is -1.06. The Kier molecular flexibility index (Phi) is 4.17. The van der Waals surface area contributed by atoms with Crippen molar-refractivity contribution in [3.8, 4) is 0 Å². The van der Waals surface area contributed by atoms with Gasteiger partial charge in [-0.3, -0.25) is 9.59 Å². The number of nitrogens with one attached hydrogen (secondary N) is 1. The molecule has 0 saturated carbocycles. The second-order valence-corrected chi connectivity index (χ2v) is 5.87. The van der Waals surface area contributed by atoms with Crippen molar-refractivity contribution in [3.05, 3.63) is 0 Å². The summed E-state index contributed by atoms with van der Waals surface area (Å²) in [5.74, 6) is 0.484. The van der Waals surface area contributed by atoms with Gasteiger partial charge < -0.3 is 10.2 Å². The normalized spacial score (nSPS) is 22.0. The second kappa shape index (κ2) is 5.07. The number of piperazine rings is 1. The van der Waals surface area contributed by atoms with Crippen LogP contribution in [0.1, 0.15) is 41.0 Å². The van der Waals surface area contributed by atoms with E-state index in [-0.39, 0.29) is 29.8 Å². The molecule has 1 N–H and O–H groups in total. The Morgan fingerprint density at radius 2 is 2.00 bits per heavy atom. The molecule has 0 spiro atoms. The predicted octanol–water partition coefficient (Wildman–Crippen LogP) is 1.41. The minimum absolute atomic E-state index is 0.0333. The molecule has 1 heterocycles. The zero-order valence-corrected chi connectivity index (χ0v) is 11.5. The first-order valence-corrected chi connectivity index (χ1v) is 6.36. The van der Waals surface area contributed by atoms with Crippen LogP contribution in [0.3, 0.4) is 0 Å². The molecule has 2 amide bonds. The third-order valence-electron chi connectivity index (χ3n) is 3.85. The van der Waals surface area contributed by atoms with E-state index in [1.54, 1.807) is 4.90 Å². The molecule has 4 nitrogen and oxygen atoms in total. The van der Waals surface area contributed by atoms with Crippen molar-refractivity contribution in [3.63, 3.8) is 0 Å². The summed E-state index contributed by atoms with van der Waals surface area (Å²) in [5.41, 5.74) is 0.0333. The highest BCUT2D eigenvalue weighted by Gasteiger charge is 2.35. The molecule has 1 aliphatic heterocycles. The van der Waals surface area contributed by atoms with Crippen LogP contribution in [0.2, 0.25) is 0 Å². The quantitative estimate of drug-likeness (QED) is 0.807. The largest absolute Gasteiger partial charge is 0.343 e. The maximum absolute atomic E-state index is 12.1. The molecule has 1 fully saturated rings. The third-order valence-corrected chi connectivity index (χ3v) is 3.85. The van der Waals surface area contributed by atoms with Crippen LogP contribution in [0, 0.1) is 11.3 Å². The average molecular weight is 240 g/mol. The molecule has 17 heavy (non-hydrogen) atoms. The van der Waals surface area contributed by atoms with Gasteiger partial charge in [-0.15, -0.1) is 0 Å². The number of carbonyl (C=O) groups is 2. The maximum atomic E-state index is 12.1. The van der Waals surface area contributed by atoms with E-state index in [4.69, 9.17) is 0 Å². The summed E-state index contributed by atoms with van der Waals surface area (Å²) >= 11 is 0. The first-order valence-electron chi connectivity index (χ1n) is 6.36. The van der Waals surface area contributed by atoms with Gasteiger partial charge in [0, 0.05) is 6.54 Å². The first-order chi connectivity index (χ1) is 7.77. The van der Waals surface area contributed by atoms with Crippen LogP contribution in [0.4, 0.5) is 0 Å². The highest BCUT2D eigenvalue weighted by Crippen LogP contribution is 2.27. The zero-order chi connectivity index (χ0) is 13.2. The number of hydrogen-bond donors (Lipinski definition) is 1. The highest BCUT2D eigenvalue weighted by atomic mass is 16.2. The van der Waals surface area contributed by atoms with Gasteiger partial charge in [0.2, 0.25) is 11.8 Å². The number of amides is 2. The molecule has 1 rings (SSSR count). The van der Waals surface area contributed by atoms with Crippen molar-refractivity contribution in [2.45, 2.75) is 47.1 Å². The molecule has 0 bridgehead atoms. The van der Waals surface area contributed by atoms with E-state index in [2.05, 4.69) is 33.0 Å². The van der Waals surface area contributed by atoms with Crippen LogP contribution in [0.5, 0.6) is 0 Å². The summed E-state index contributed by atoms with van der Waals surface area (Å²) in [6.45, 7) is 11.3. The molecule has 4 heteroatoms. The Balaban J connectivity index is 2.76. The van der Waals surface area contributed by atoms with Gasteiger partial charge in [-0.25, -0.2) is 0 Å². The number of nitrogens with zero attached hydrogens (tertiary/aromatic N) is 1. The van der Waals surface area contributed by atoms with E-state index >= 15 is 0 Å². The van der Waals surface area contributed by atoms with Crippen molar-refractivity contribution in [2.24, 2.45) is 11.3 Å². The molecular formula is C13H24N2O2. The minimum atomic E-state index is -0.334. The fraction of sp³-hybridized carbons (Fsp3) is 0.846. The van der Waals surface area contributed by atoms with Gasteiger partial charge in [-0.05, 0) is 17.8 Å². The molecule has 98 valence electrons. The third kappa shape index (κ3) is 3.20. The Morgan fingerprint density at radius 1 is 1.41 bits per heavy atom. The van der Waals surface area contributed by atoms with Crippen molar-refractivity contribution < 1.29 is 9.59 Å². The summed E-state index contributed by atoms with van der Waals surface area (Å²) in [6.07, 6.45) is 0.656. The van der Waals surface area contributed by atoms with Crippen LogP contribution in [-0.2, 0) is 9.59 Å². The lowest BCUT2D eigenvalue weighted by atomic mass is 9.80. The van der Waals surface area contributed by atoms with Crippen molar-refractivity contribution >= 4 is 11.8 Å². The smallest absolute Gasteiger partial charge is 0.245 e. The van der Waals surface area contributed by atoms with E-state index in [1.165, 1.54) is 0 Å². The van der Waals surface area contributed by atoms with Gasteiger partial charge in [-0.2, -0.15) is 0 Å². The molecule has 0 aliphatic carbocycles. The number of hydrogen-bond acceptors (Lipinski definition) is 2. The molecule has 0 aromatic heterocycles. The Bertz CT molecular complexity index is 311. The van der Waals surface area contributed by atoms with E-state index in [9.17, 15) is 9.59 Å². The molecule has 0 radical (unpaired) electrons. The van der Waals surface area contributed by atoms with E-state index in [0.717, 1.165) is 0 Å². The second-order valence-electron chi connectivity index (χ2n) is 5.87. The fourth-order valence-electron chi connectivity index (χ4n) is 1.86. The molecule has 1 aliphatic rings. The molecular weight excluding hydrogens is 216 g/mol. The van der Waals surface area contributed by atoms with Crippen molar-refractivity contribution in [2.75, 3.05) is 13.1 Å². The Labute approximate surface area is 104 Å². The molecule has 1 saturated heterocycles. The molecule has 0 aromatic carbocycles. The summed E-state index contributed by atoms with van der Waals surface area (Å²) in [5, 5.41) is 2.73. The van der Waals surface area contributed by atoms with Gasteiger partial charge in [-0.1, -0.05) is 34.6 Å². The lowest BCUT2D eigenvalue weighted by Gasteiger charge is -2.39. The maximum Gasteiger partial charge on any atom is 0.245 e. The summed E-state index contributed by atoms with van der Waals surface area (Å²) in [6, 6.07) is -0.334. The van der Waals surface area contributed by atoms with Crippen LogP contribution in [0.15, 0.2) is 0 Å². The van der Waals surface area contributed by atoms with Gasteiger partial charge in [0.05, 0.1) is 6.54 Å². The lowest BCUT2D eigenvalue weighted by molar-refractivity contribution is -0.146. The monoisotopic (exact) mass is 240 g/mol. The van der Waals surface area contributed by atoms with E-state index in [0.29, 0.717) is 18.9 Å². The zero-order valence-electron chi connectivity index (χ0n) is 11.5. The SMILES string of the molecule is CCC1NC(=O)CN(CC(C)(C)C(C)C)C1=O. The van der Waals surface area contributed by atoms with Crippen LogP contribution >= 0.6 is 0 Å². The highest BCUT2D eigenvalue weighted by molar-refractivity contribution is 5.94. The summed E-state index contributed by atoms with van der Waals surface area (Å²) in [7, 11) is 0. The van der Waals surface area contributed by atoms with E-state index < -0.39 is 0 Å². The van der Waals surface area contributed by atoms with Crippen LogP contribution in [0.25, 0.3) is 0 Å². The summed E-state index contributed by atoms with van der Waals surface area (Å²) < 4.78 is 0. The average Bonchev–Trinajstić information content (AvgIpc) is 2.22. The van der Waals surface area contributed by atoms with Crippen LogP contribution < -0.4 is 5.32 Å². The Morgan fingerprint density at radius 3 is 2.47 bits per heavy atom. The topological polar surface area (TPSA) is 49.4 Å². The first kappa shape index (κ1) is 14.0. The van der Waals surface area contributed by atoms with Crippen LogP contribution in [-0.4, -0.2) is 35.8 Å². The fourth-order valence-corrected chi connectivity index (χ4v) is 1.86. The van der Waals surface area contributed by atoms with Gasteiger partial charge >= 0.3 is 0 Å². The number of rotatable bonds is 4. The van der Waals surface area contributed by atoms with Gasteiger partial charge in [0.1, 0.15) is 6.04 Å². The van der Waals surface area contributed by atoms with Crippen molar-refractivity contribution in [1.82, 2.24) is 10.2 Å². The molecule has 1 atom stereocenters. The van der Waals surface area contributed by atoms with Crippen molar-refractivity contribution in [1.29, 1.82) is 0 Å². The number of carbonyl (C=O) groups excluding carboxylic acids is 2. The van der Waals surface area contributed by atoms with Gasteiger partial charge in [0.25, 0.3) is 0 Å². The summed E-state index contributed by atoms with van der Waals surface area (Å²) in [4.78, 5) is 25.4. The lowest BCUT2D eigenvalue weighted by Crippen LogP contribution is -2.59. The van der Waals surface area contributed by atoms with Gasteiger partial charge in [0.15, 0.2) is 0 Å². The van der Waals surface area contributed by atoms with E-state index in [1.807, 2.05) is 6.92 Å².